The molecule has 0 radical (unpaired) electrons. The van der Waals surface area contributed by atoms with E-state index in [9.17, 15) is 4.79 Å². The maximum Gasteiger partial charge on any atom is 0.246 e. The summed E-state index contributed by atoms with van der Waals surface area (Å²) < 4.78 is 10.6. The quantitative estimate of drug-likeness (QED) is 0.573. The van der Waals surface area contributed by atoms with E-state index in [2.05, 4.69) is 6.26 Å². The third-order valence-corrected chi connectivity index (χ3v) is 3.98. The number of hydrogen-bond acceptors (Lipinski definition) is 4. The molecule has 0 saturated carbocycles. The SMILES string of the molecule is CCN(CCCSC)C(=O)C=Cc1ccc2c(c1)OCO2. The second-order valence-corrected chi connectivity index (χ2v) is 5.70. The number of hydrogen-bond donors (Lipinski definition) is 0. The van der Waals surface area contributed by atoms with E-state index in [1.54, 1.807) is 17.8 Å². The molecule has 0 bridgehead atoms. The fourth-order valence-corrected chi connectivity index (χ4v) is 2.53. The largest absolute Gasteiger partial charge is 0.454 e. The second kappa shape index (κ2) is 7.98. The Balaban J connectivity index is 1.94. The molecule has 1 heterocycles. The number of rotatable bonds is 7. The van der Waals surface area contributed by atoms with Crippen LogP contribution < -0.4 is 9.47 Å². The average Bonchev–Trinajstić information content (AvgIpc) is 2.97. The van der Waals surface area contributed by atoms with Crippen molar-refractivity contribution in [1.82, 2.24) is 4.90 Å². The Morgan fingerprint density at radius 1 is 1.38 bits per heavy atom. The van der Waals surface area contributed by atoms with Crippen LogP contribution in [0.2, 0.25) is 0 Å². The molecular formula is C16H21NO3S. The summed E-state index contributed by atoms with van der Waals surface area (Å²) in [4.78, 5) is 14.0. The molecular weight excluding hydrogens is 286 g/mol. The van der Waals surface area contributed by atoms with Crippen molar-refractivity contribution in [2.45, 2.75) is 13.3 Å². The van der Waals surface area contributed by atoms with Crippen LogP contribution >= 0.6 is 11.8 Å². The zero-order chi connectivity index (χ0) is 15.1. The third-order valence-electron chi connectivity index (χ3n) is 3.28. The Morgan fingerprint density at radius 3 is 2.95 bits per heavy atom. The predicted molar refractivity (Wildman–Crippen MR) is 86.9 cm³/mol. The van der Waals surface area contributed by atoms with Crippen molar-refractivity contribution in [2.24, 2.45) is 0 Å². The van der Waals surface area contributed by atoms with Crippen molar-refractivity contribution in [2.75, 3.05) is 31.9 Å². The van der Waals surface area contributed by atoms with Gasteiger partial charge in [-0.1, -0.05) is 6.07 Å². The maximum atomic E-state index is 12.2. The molecule has 0 spiro atoms. The summed E-state index contributed by atoms with van der Waals surface area (Å²) in [7, 11) is 0. The van der Waals surface area contributed by atoms with Crippen LogP contribution in [0.4, 0.5) is 0 Å². The Kier molecular flexibility index (Phi) is 5.99. The fourth-order valence-electron chi connectivity index (χ4n) is 2.11. The van der Waals surface area contributed by atoms with Crippen molar-refractivity contribution in [1.29, 1.82) is 0 Å². The third kappa shape index (κ3) is 4.43. The monoisotopic (exact) mass is 307 g/mol. The average molecular weight is 307 g/mol. The molecule has 4 nitrogen and oxygen atoms in total. The van der Waals surface area contributed by atoms with E-state index in [0.717, 1.165) is 42.3 Å². The highest BCUT2D eigenvalue weighted by Gasteiger charge is 2.12. The van der Waals surface area contributed by atoms with Gasteiger partial charge in [0.05, 0.1) is 0 Å². The predicted octanol–water partition coefficient (Wildman–Crippen LogP) is 3.03. The lowest BCUT2D eigenvalue weighted by molar-refractivity contribution is -0.125. The van der Waals surface area contributed by atoms with E-state index in [1.165, 1.54) is 0 Å². The van der Waals surface area contributed by atoms with E-state index >= 15 is 0 Å². The first kappa shape index (κ1) is 15.8. The van der Waals surface area contributed by atoms with Crippen LogP contribution in [-0.4, -0.2) is 42.7 Å². The zero-order valence-corrected chi connectivity index (χ0v) is 13.3. The molecule has 1 amide bonds. The number of likely N-dealkylation sites (N-methyl/N-ethyl adjacent to an activating group) is 1. The van der Waals surface area contributed by atoms with Gasteiger partial charge in [-0.15, -0.1) is 0 Å². The van der Waals surface area contributed by atoms with Gasteiger partial charge in [-0.25, -0.2) is 0 Å². The molecule has 0 unspecified atom stereocenters. The lowest BCUT2D eigenvalue weighted by Crippen LogP contribution is -2.30. The molecule has 21 heavy (non-hydrogen) atoms. The van der Waals surface area contributed by atoms with Crippen molar-refractivity contribution in [3.63, 3.8) is 0 Å². The molecule has 0 fully saturated rings. The summed E-state index contributed by atoms with van der Waals surface area (Å²) in [5, 5.41) is 0. The molecule has 2 rings (SSSR count). The van der Waals surface area contributed by atoms with E-state index in [1.807, 2.05) is 36.1 Å². The van der Waals surface area contributed by atoms with Crippen molar-refractivity contribution in [3.8, 4) is 11.5 Å². The van der Waals surface area contributed by atoms with Gasteiger partial charge in [-0.2, -0.15) is 11.8 Å². The van der Waals surface area contributed by atoms with Gasteiger partial charge in [0.15, 0.2) is 11.5 Å². The summed E-state index contributed by atoms with van der Waals surface area (Å²) in [6.07, 6.45) is 6.55. The molecule has 1 aliphatic rings. The number of ether oxygens (including phenoxy) is 2. The van der Waals surface area contributed by atoms with Gasteiger partial charge in [0.25, 0.3) is 0 Å². The van der Waals surface area contributed by atoms with Gasteiger partial charge < -0.3 is 14.4 Å². The van der Waals surface area contributed by atoms with Crippen LogP contribution in [0.25, 0.3) is 6.08 Å². The normalized spacial score (nSPS) is 12.9. The van der Waals surface area contributed by atoms with E-state index in [4.69, 9.17) is 9.47 Å². The highest BCUT2D eigenvalue weighted by atomic mass is 32.2. The van der Waals surface area contributed by atoms with Gasteiger partial charge in [-0.3, -0.25) is 4.79 Å². The molecule has 114 valence electrons. The summed E-state index contributed by atoms with van der Waals surface area (Å²) in [6.45, 7) is 3.81. The van der Waals surface area contributed by atoms with Crippen LogP contribution in [0.15, 0.2) is 24.3 Å². The van der Waals surface area contributed by atoms with Gasteiger partial charge in [0.2, 0.25) is 12.7 Å². The highest BCUT2D eigenvalue weighted by Crippen LogP contribution is 2.32. The number of amides is 1. The maximum absolute atomic E-state index is 12.2. The smallest absolute Gasteiger partial charge is 0.246 e. The first-order valence-corrected chi connectivity index (χ1v) is 8.49. The summed E-state index contributed by atoms with van der Waals surface area (Å²) >= 11 is 1.81. The lowest BCUT2D eigenvalue weighted by Gasteiger charge is -2.18. The first-order chi connectivity index (χ1) is 10.2. The number of benzene rings is 1. The molecule has 0 N–H and O–H groups in total. The van der Waals surface area contributed by atoms with Gasteiger partial charge in [0.1, 0.15) is 0 Å². The molecule has 0 aliphatic carbocycles. The van der Waals surface area contributed by atoms with Crippen molar-refractivity contribution in [3.05, 3.63) is 29.8 Å². The minimum absolute atomic E-state index is 0.0521. The molecule has 1 aromatic carbocycles. The zero-order valence-electron chi connectivity index (χ0n) is 12.5. The minimum atomic E-state index is 0.0521. The second-order valence-electron chi connectivity index (χ2n) is 4.71. The van der Waals surface area contributed by atoms with Crippen molar-refractivity contribution >= 4 is 23.7 Å². The summed E-state index contributed by atoms with van der Waals surface area (Å²) in [5.41, 5.74) is 0.938. The van der Waals surface area contributed by atoms with Crippen LogP contribution in [0.3, 0.4) is 0 Å². The molecule has 1 aromatic rings. The van der Waals surface area contributed by atoms with Crippen molar-refractivity contribution < 1.29 is 14.3 Å². The number of nitrogens with zero attached hydrogens (tertiary/aromatic N) is 1. The summed E-state index contributed by atoms with van der Waals surface area (Å²) in [5.74, 6) is 2.62. The summed E-state index contributed by atoms with van der Waals surface area (Å²) in [6, 6.07) is 5.67. The Hall–Kier alpha value is -1.62. The van der Waals surface area contributed by atoms with E-state index in [0.29, 0.717) is 0 Å². The minimum Gasteiger partial charge on any atom is -0.454 e. The Morgan fingerprint density at radius 2 is 2.19 bits per heavy atom. The first-order valence-electron chi connectivity index (χ1n) is 7.10. The van der Waals surface area contributed by atoms with Gasteiger partial charge in [0, 0.05) is 19.2 Å². The molecule has 5 heteroatoms. The Labute approximate surface area is 130 Å². The highest BCUT2D eigenvalue weighted by molar-refractivity contribution is 7.98. The lowest BCUT2D eigenvalue weighted by atomic mass is 10.2. The van der Waals surface area contributed by atoms with Crippen LogP contribution in [0.1, 0.15) is 18.9 Å². The van der Waals surface area contributed by atoms with Crippen LogP contribution in [0.5, 0.6) is 11.5 Å². The molecule has 1 aliphatic heterocycles. The number of carbonyl (C=O) groups is 1. The Bertz CT molecular complexity index is 516. The van der Waals surface area contributed by atoms with Gasteiger partial charge in [-0.05, 0) is 49.1 Å². The fraction of sp³-hybridized carbons (Fsp3) is 0.438. The number of carbonyl (C=O) groups excluding carboxylic acids is 1. The van der Waals surface area contributed by atoms with E-state index < -0.39 is 0 Å². The molecule has 0 aromatic heterocycles. The standard InChI is InChI=1S/C16H21NO3S/c1-3-17(9-4-10-21-2)16(18)8-6-13-5-7-14-15(11-13)20-12-19-14/h5-8,11H,3-4,9-10,12H2,1-2H3. The van der Waals surface area contributed by atoms with Gasteiger partial charge >= 0.3 is 0 Å². The molecule has 0 saturated heterocycles. The van der Waals surface area contributed by atoms with E-state index in [-0.39, 0.29) is 12.7 Å². The van der Waals surface area contributed by atoms with Crippen LogP contribution in [-0.2, 0) is 4.79 Å². The molecule has 0 atom stereocenters. The number of fused-ring (bicyclic) bond motifs is 1. The topological polar surface area (TPSA) is 38.8 Å². The number of thioether (sulfide) groups is 1. The van der Waals surface area contributed by atoms with Crippen LogP contribution in [0, 0.1) is 0 Å².